The number of thioether (sulfide) groups is 1. The van der Waals surface area contributed by atoms with Crippen molar-refractivity contribution >= 4 is 17.7 Å². The molecule has 5 nitrogen and oxygen atoms in total. The van der Waals surface area contributed by atoms with E-state index in [2.05, 4.69) is 51.2 Å². The van der Waals surface area contributed by atoms with Crippen LogP contribution in [0.15, 0.2) is 36.7 Å². The van der Waals surface area contributed by atoms with Gasteiger partial charge in [0.2, 0.25) is 5.91 Å². The van der Waals surface area contributed by atoms with Gasteiger partial charge in [0.1, 0.15) is 6.04 Å². The molecular weight excluding hydrogens is 356 g/mol. The summed E-state index contributed by atoms with van der Waals surface area (Å²) in [5.74, 6) is 1.28. The van der Waals surface area contributed by atoms with Crippen LogP contribution in [0.3, 0.4) is 0 Å². The Balaban J connectivity index is 1.52. The highest BCUT2D eigenvalue weighted by molar-refractivity contribution is 7.98. The largest absolute Gasteiger partial charge is 0.348 e. The van der Waals surface area contributed by atoms with Crippen LogP contribution in [0.1, 0.15) is 23.9 Å². The normalized spacial score (nSPS) is 16.6. The van der Waals surface area contributed by atoms with E-state index >= 15 is 0 Å². The molecule has 0 unspecified atom stereocenters. The topological polar surface area (TPSA) is 33.4 Å². The van der Waals surface area contributed by atoms with Crippen molar-refractivity contribution < 1.29 is 4.79 Å². The molecule has 6 heteroatoms. The van der Waals surface area contributed by atoms with Crippen LogP contribution in [-0.4, -0.2) is 69.6 Å². The van der Waals surface area contributed by atoms with Gasteiger partial charge in [-0.1, -0.05) is 0 Å². The molecule has 1 saturated heterocycles. The van der Waals surface area contributed by atoms with Gasteiger partial charge in [-0.25, -0.2) is 0 Å². The third-order valence-corrected chi connectivity index (χ3v) is 6.25. The lowest BCUT2D eigenvalue weighted by Crippen LogP contribution is -2.51. The lowest BCUT2D eigenvalue weighted by atomic mass is 10.1. The molecule has 1 aliphatic heterocycles. The summed E-state index contributed by atoms with van der Waals surface area (Å²) in [6, 6.07) is 8.30. The standard InChI is InChI=1S/C21H32N4OS/c1-18-6-7-19(2)25(18)16-13-22-11-14-24(15-12-22)21(26)20(8-17-27-3)23-9-4-5-10-23/h4-7,9-10,20H,8,11-17H2,1-3H3/t20-/m0/s1. The van der Waals surface area contributed by atoms with Crippen molar-refractivity contribution in [1.82, 2.24) is 18.9 Å². The van der Waals surface area contributed by atoms with Crippen LogP contribution in [0.5, 0.6) is 0 Å². The Morgan fingerprint density at radius 2 is 1.67 bits per heavy atom. The minimum atomic E-state index is -0.0656. The summed E-state index contributed by atoms with van der Waals surface area (Å²) in [4.78, 5) is 17.7. The highest BCUT2D eigenvalue weighted by Gasteiger charge is 2.27. The Bertz CT molecular complexity index is 697. The second-order valence-corrected chi connectivity index (χ2v) is 8.35. The zero-order chi connectivity index (χ0) is 19.2. The third kappa shape index (κ3) is 4.99. The van der Waals surface area contributed by atoms with Crippen molar-refractivity contribution in [2.24, 2.45) is 0 Å². The van der Waals surface area contributed by atoms with Gasteiger partial charge in [0.25, 0.3) is 0 Å². The smallest absolute Gasteiger partial charge is 0.245 e. The minimum Gasteiger partial charge on any atom is -0.348 e. The first-order valence-electron chi connectivity index (χ1n) is 9.85. The van der Waals surface area contributed by atoms with E-state index in [1.54, 1.807) is 11.8 Å². The molecule has 2 aromatic heterocycles. The molecule has 1 atom stereocenters. The Hall–Kier alpha value is -1.66. The molecular formula is C21H32N4OS. The molecule has 0 radical (unpaired) electrons. The predicted molar refractivity (Wildman–Crippen MR) is 113 cm³/mol. The van der Waals surface area contributed by atoms with Crippen LogP contribution in [-0.2, 0) is 11.3 Å². The Morgan fingerprint density at radius 3 is 2.26 bits per heavy atom. The highest BCUT2D eigenvalue weighted by atomic mass is 32.2. The molecule has 1 amide bonds. The fourth-order valence-corrected chi connectivity index (χ4v) is 4.34. The molecule has 0 aromatic carbocycles. The van der Waals surface area contributed by atoms with Gasteiger partial charge in [-0.2, -0.15) is 11.8 Å². The quantitative estimate of drug-likeness (QED) is 0.697. The van der Waals surface area contributed by atoms with Crippen molar-refractivity contribution in [3.05, 3.63) is 48.0 Å². The van der Waals surface area contributed by atoms with E-state index in [9.17, 15) is 4.79 Å². The molecule has 3 rings (SSSR count). The summed E-state index contributed by atoms with van der Waals surface area (Å²) in [6.07, 6.45) is 7.02. The number of carbonyl (C=O) groups is 1. The first-order chi connectivity index (χ1) is 13.1. The fourth-order valence-electron chi connectivity index (χ4n) is 3.88. The van der Waals surface area contributed by atoms with E-state index in [1.807, 2.05) is 24.5 Å². The SMILES string of the molecule is CSCC[C@@H](C(=O)N1CCN(CCn2c(C)ccc2C)CC1)n1cccc1. The summed E-state index contributed by atoms with van der Waals surface area (Å²) < 4.78 is 4.45. The van der Waals surface area contributed by atoms with E-state index in [0.29, 0.717) is 0 Å². The molecule has 1 fully saturated rings. The fraction of sp³-hybridized carbons (Fsp3) is 0.571. The van der Waals surface area contributed by atoms with Crippen LogP contribution in [0.25, 0.3) is 0 Å². The first-order valence-corrected chi connectivity index (χ1v) is 11.2. The number of rotatable bonds is 8. The molecule has 0 spiro atoms. The van der Waals surface area contributed by atoms with Gasteiger partial charge in [-0.05, 0) is 56.5 Å². The lowest BCUT2D eigenvalue weighted by molar-refractivity contribution is -0.136. The van der Waals surface area contributed by atoms with E-state index in [1.165, 1.54) is 11.4 Å². The lowest BCUT2D eigenvalue weighted by Gasteiger charge is -2.37. The molecule has 148 valence electrons. The number of nitrogens with zero attached hydrogens (tertiary/aromatic N) is 4. The maximum absolute atomic E-state index is 13.1. The highest BCUT2D eigenvalue weighted by Crippen LogP contribution is 2.19. The maximum Gasteiger partial charge on any atom is 0.245 e. The zero-order valence-electron chi connectivity index (χ0n) is 16.8. The Labute approximate surface area is 167 Å². The van der Waals surface area contributed by atoms with Crippen LogP contribution < -0.4 is 0 Å². The van der Waals surface area contributed by atoms with E-state index < -0.39 is 0 Å². The summed E-state index contributed by atoms with van der Waals surface area (Å²) in [5.41, 5.74) is 2.65. The summed E-state index contributed by atoms with van der Waals surface area (Å²) in [5, 5.41) is 0. The summed E-state index contributed by atoms with van der Waals surface area (Å²) in [7, 11) is 0. The third-order valence-electron chi connectivity index (χ3n) is 5.61. The van der Waals surface area contributed by atoms with Crippen LogP contribution in [0.4, 0.5) is 0 Å². The number of amides is 1. The molecule has 0 bridgehead atoms. The minimum absolute atomic E-state index is 0.0656. The van der Waals surface area contributed by atoms with Crippen molar-refractivity contribution in [2.75, 3.05) is 44.7 Å². The molecule has 0 aliphatic carbocycles. The molecule has 0 N–H and O–H groups in total. The van der Waals surface area contributed by atoms with Crippen molar-refractivity contribution in [1.29, 1.82) is 0 Å². The number of aryl methyl sites for hydroxylation is 2. The van der Waals surface area contributed by atoms with E-state index in [-0.39, 0.29) is 11.9 Å². The average Bonchev–Trinajstić information content (AvgIpc) is 3.31. The van der Waals surface area contributed by atoms with Crippen LogP contribution in [0, 0.1) is 13.8 Å². The van der Waals surface area contributed by atoms with Crippen molar-refractivity contribution in [3.63, 3.8) is 0 Å². The van der Waals surface area contributed by atoms with Gasteiger partial charge in [-0.3, -0.25) is 9.69 Å². The zero-order valence-corrected chi connectivity index (χ0v) is 17.6. The second kappa shape index (κ2) is 9.51. The van der Waals surface area contributed by atoms with Gasteiger partial charge in [0, 0.05) is 63.1 Å². The van der Waals surface area contributed by atoms with Crippen LogP contribution >= 0.6 is 11.8 Å². The van der Waals surface area contributed by atoms with E-state index in [4.69, 9.17) is 0 Å². The number of hydrogen-bond acceptors (Lipinski definition) is 3. The van der Waals surface area contributed by atoms with Crippen molar-refractivity contribution in [2.45, 2.75) is 32.9 Å². The number of hydrogen-bond donors (Lipinski definition) is 0. The van der Waals surface area contributed by atoms with Gasteiger partial charge < -0.3 is 14.0 Å². The number of piperazine rings is 1. The van der Waals surface area contributed by atoms with Crippen molar-refractivity contribution in [3.8, 4) is 0 Å². The Morgan fingerprint density at radius 1 is 1.04 bits per heavy atom. The van der Waals surface area contributed by atoms with Gasteiger partial charge in [0.15, 0.2) is 0 Å². The average molecular weight is 389 g/mol. The molecule has 2 aromatic rings. The van der Waals surface area contributed by atoms with Gasteiger partial charge in [0.05, 0.1) is 0 Å². The van der Waals surface area contributed by atoms with Gasteiger partial charge >= 0.3 is 0 Å². The molecule has 0 saturated carbocycles. The molecule has 1 aliphatic rings. The second-order valence-electron chi connectivity index (χ2n) is 7.36. The number of aromatic nitrogens is 2. The Kier molecular flexibility index (Phi) is 7.07. The summed E-state index contributed by atoms with van der Waals surface area (Å²) >= 11 is 1.80. The first kappa shape index (κ1) is 20.1. The maximum atomic E-state index is 13.1. The van der Waals surface area contributed by atoms with Crippen LogP contribution in [0.2, 0.25) is 0 Å². The molecule has 3 heterocycles. The van der Waals surface area contributed by atoms with E-state index in [0.717, 1.165) is 51.4 Å². The molecule has 27 heavy (non-hydrogen) atoms. The number of carbonyl (C=O) groups excluding carboxylic acids is 1. The predicted octanol–water partition coefficient (Wildman–Crippen LogP) is 3.05. The monoisotopic (exact) mass is 388 g/mol. The van der Waals surface area contributed by atoms with Gasteiger partial charge in [-0.15, -0.1) is 0 Å². The summed E-state index contributed by atoms with van der Waals surface area (Å²) in [6.45, 7) is 10.0.